The molecule has 1 aliphatic heterocycles. The first kappa shape index (κ1) is 13.6. The normalized spacial score (nSPS) is 17.9. The topological polar surface area (TPSA) is 91.0 Å². The summed E-state index contributed by atoms with van der Waals surface area (Å²) in [5.41, 5.74) is 1.43. The van der Waals surface area contributed by atoms with Crippen LogP contribution in [0.3, 0.4) is 0 Å². The van der Waals surface area contributed by atoms with Gasteiger partial charge in [-0.1, -0.05) is 0 Å². The van der Waals surface area contributed by atoms with Crippen LogP contribution in [0.4, 0.5) is 9.18 Å². The van der Waals surface area contributed by atoms with Gasteiger partial charge in [0.05, 0.1) is 17.9 Å². The van der Waals surface area contributed by atoms with Crippen molar-refractivity contribution >= 4 is 33.8 Å². The summed E-state index contributed by atoms with van der Waals surface area (Å²) in [5, 5.41) is 3.87. The smallest absolute Gasteiger partial charge is 0.317 e. The van der Waals surface area contributed by atoms with Crippen LogP contribution in [0.1, 0.15) is 10.5 Å². The Morgan fingerprint density at radius 1 is 1.30 bits per heavy atom. The number of fused-ring (bicyclic) bond motifs is 3. The maximum atomic E-state index is 13.4. The molecule has 3 aromatic rings. The number of carbonyl (C=O) groups is 2. The van der Waals surface area contributed by atoms with Gasteiger partial charge in [0.15, 0.2) is 0 Å². The van der Waals surface area contributed by atoms with Gasteiger partial charge in [0.25, 0.3) is 0 Å². The van der Waals surface area contributed by atoms with Crippen LogP contribution in [0.25, 0.3) is 21.9 Å². The number of rotatable bonds is 2. The zero-order valence-corrected chi connectivity index (χ0v) is 12.1. The standard InChI is InChI=1S/C15H12FN5O2/c1-21-12(6-19-15(21)23)13(22)10-3-8-9-2-7(16)4-18-14(9)20-11(8)5-17-10/h2-5,12H,6H2,1H3,(H,18,20)(H,19,23). The van der Waals surface area contributed by atoms with Gasteiger partial charge in [-0.25, -0.2) is 14.2 Å². The van der Waals surface area contributed by atoms with Crippen LogP contribution in [-0.4, -0.2) is 51.3 Å². The number of hydrogen-bond donors (Lipinski definition) is 2. The first-order valence-electron chi connectivity index (χ1n) is 7.02. The van der Waals surface area contributed by atoms with E-state index in [2.05, 4.69) is 20.3 Å². The number of nitrogens with one attached hydrogen (secondary N) is 2. The molecule has 1 saturated heterocycles. The number of H-pyrrole nitrogens is 1. The third-order valence-corrected chi connectivity index (χ3v) is 4.09. The maximum absolute atomic E-state index is 13.4. The summed E-state index contributed by atoms with van der Waals surface area (Å²) in [5.74, 6) is -0.708. The lowest BCUT2D eigenvalue weighted by Gasteiger charge is -2.15. The number of pyridine rings is 2. The molecule has 4 rings (SSSR count). The number of aromatic nitrogens is 3. The highest BCUT2D eigenvalue weighted by atomic mass is 19.1. The van der Waals surface area contributed by atoms with Gasteiger partial charge in [-0.05, 0) is 12.1 Å². The van der Waals surface area contributed by atoms with Crippen LogP contribution in [0, 0.1) is 5.82 Å². The van der Waals surface area contributed by atoms with Crippen molar-refractivity contribution in [3.05, 3.63) is 36.0 Å². The third kappa shape index (κ3) is 2.02. The van der Waals surface area contributed by atoms with Gasteiger partial charge < -0.3 is 15.2 Å². The van der Waals surface area contributed by atoms with E-state index in [1.54, 1.807) is 13.1 Å². The maximum Gasteiger partial charge on any atom is 0.317 e. The van der Waals surface area contributed by atoms with Gasteiger partial charge in [0.1, 0.15) is 23.2 Å². The van der Waals surface area contributed by atoms with Gasteiger partial charge in [0, 0.05) is 24.4 Å². The second-order valence-electron chi connectivity index (χ2n) is 5.47. The molecule has 8 heteroatoms. The van der Waals surface area contributed by atoms with Crippen molar-refractivity contribution < 1.29 is 14.0 Å². The van der Waals surface area contributed by atoms with Crippen molar-refractivity contribution in [2.24, 2.45) is 0 Å². The molecule has 1 fully saturated rings. The Labute approximate surface area is 129 Å². The fraction of sp³-hybridized carbons (Fsp3) is 0.200. The van der Waals surface area contributed by atoms with Crippen LogP contribution in [0.2, 0.25) is 0 Å². The molecule has 23 heavy (non-hydrogen) atoms. The highest BCUT2D eigenvalue weighted by Gasteiger charge is 2.34. The fourth-order valence-electron chi connectivity index (χ4n) is 2.81. The molecule has 0 radical (unpaired) electrons. The predicted molar refractivity (Wildman–Crippen MR) is 80.6 cm³/mol. The molecule has 0 aliphatic carbocycles. The van der Waals surface area contributed by atoms with E-state index in [9.17, 15) is 14.0 Å². The molecular weight excluding hydrogens is 301 g/mol. The SMILES string of the molecule is CN1C(=O)NCC1C(=O)c1cc2c(cn1)[nH]c1ncc(F)cc12. The molecule has 2 N–H and O–H groups in total. The first-order chi connectivity index (χ1) is 11.0. The number of amides is 2. The lowest BCUT2D eigenvalue weighted by atomic mass is 10.1. The summed E-state index contributed by atoms with van der Waals surface area (Å²) in [6.45, 7) is 0.248. The average Bonchev–Trinajstić information content (AvgIpc) is 3.07. The Morgan fingerprint density at radius 3 is 2.87 bits per heavy atom. The Hall–Kier alpha value is -3.03. The molecule has 7 nitrogen and oxygen atoms in total. The van der Waals surface area contributed by atoms with E-state index < -0.39 is 11.9 Å². The van der Waals surface area contributed by atoms with E-state index in [4.69, 9.17) is 0 Å². The quantitative estimate of drug-likeness (QED) is 0.701. The van der Waals surface area contributed by atoms with Crippen LogP contribution in [-0.2, 0) is 0 Å². The minimum atomic E-state index is -0.590. The van der Waals surface area contributed by atoms with Crippen LogP contribution in [0.15, 0.2) is 24.5 Å². The van der Waals surface area contributed by atoms with E-state index in [1.807, 2.05) is 0 Å². The molecular formula is C15H12FN5O2. The average molecular weight is 313 g/mol. The van der Waals surface area contributed by atoms with Crippen molar-refractivity contribution in [3.63, 3.8) is 0 Å². The highest BCUT2D eigenvalue weighted by molar-refractivity contribution is 6.09. The Morgan fingerprint density at radius 2 is 2.13 bits per heavy atom. The van der Waals surface area contributed by atoms with Crippen molar-refractivity contribution in [2.75, 3.05) is 13.6 Å². The van der Waals surface area contributed by atoms with Crippen molar-refractivity contribution in [1.29, 1.82) is 0 Å². The summed E-state index contributed by atoms with van der Waals surface area (Å²) >= 11 is 0. The summed E-state index contributed by atoms with van der Waals surface area (Å²) in [6, 6.07) is 2.09. The number of halogens is 1. The summed E-state index contributed by atoms with van der Waals surface area (Å²) in [6.07, 6.45) is 2.65. The van der Waals surface area contributed by atoms with Crippen molar-refractivity contribution in [1.82, 2.24) is 25.2 Å². The largest absolute Gasteiger partial charge is 0.338 e. The first-order valence-corrected chi connectivity index (χ1v) is 7.02. The lowest BCUT2D eigenvalue weighted by Crippen LogP contribution is -2.36. The summed E-state index contributed by atoms with van der Waals surface area (Å²) < 4.78 is 13.4. The Kier molecular flexibility index (Phi) is 2.80. The Balaban J connectivity index is 1.82. The van der Waals surface area contributed by atoms with Gasteiger partial charge in [-0.3, -0.25) is 9.78 Å². The predicted octanol–water partition coefficient (Wildman–Crippen LogP) is 1.46. The second kappa shape index (κ2) is 4.73. The van der Waals surface area contributed by atoms with Gasteiger partial charge in [-0.2, -0.15) is 0 Å². The zero-order chi connectivity index (χ0) is 16.1. The molecule has 3 aromatic heterocycles. The third-order valence-electron chi connectivity index (χ3n) is 4.09. The number of Topliss-reactive ketones (excluding diaryl/α,β-unsaturated/α-hetero) is 1. The molecule has 0 bridgehead atoms. The number of hydrogen-bond acceptors (Lipinski definition) is 4. The highest BCUT2D eigenvalue weighted by Crippen LogP contribution is 2.25. The molecule has 1 aliphatic rings. The van der Waals surface area contributed by atoms with E-state index >= 15 is 0 Å². The van der Waals surface area contributed by atoms with E-state index in [-0.39, 0.29) is 24.1 Å². The van der Waals surface area contributed by atoms with E-state index in [0.29, 0.717) is 21.9 Å². The van der Waals surface area contributed by atoms with Gasteiger partial charge >= 0.3 is 6.03 Å². The number of urea groups is 1. The number of likely N-dealkylation sites (N-methyl/N-ethyl adjacent to an activating group) is 1. The van der Waals surface area contributed by atoms with Crippen LogP contribution < -0.4 is 5.32 Å². The molecule has 0 aromatic carbocycles. The lowest BCUT2D eigenvalue weighted by molar-refractivity contribution is 0.0903. The van der Waals surface area contributed by atoms with E-state index in [0.717, 1.165) is 6.20 Å². The minimum absolute atomic E-state index is 0.232. The van der Waals surface area contributed by atoms with Crippen LogP contribution in [0.5, 0.6) is 0 Å². The van der Waals surface area contributed by atoms with Gasteiger partial charge in [0.2, 0.25) is 5.78 Å². The van der Waals surface area contributed by atoms with Crippen LogP contribution >= 0.6 is 0 Å². The van der Waals surface area contributed by atoms with Crippen molar-refractivity contribution in [3.8, 4) is 0 Å². The number of carbonyl (C=O) groups excluding carboxylic acids is 2. The minimum Gasteiger partial charge on any atom is -0.338 e. The second-order valence-corrected chi connectivity index (χ2v) is 5.47. The van der Waals surface area contributed by atoms with Gasteiger partial charge in [-0.15, -0.1) is 0 Å². The Bertz CT molecular complexity index is 967. The van der Waals surface area contributed by atoms with Crippen molar-refractivity contribution in [2.45, 2.75) is 6.04 Å². The summed E-state index contributed by atoms with van der Waals surface area (Å²) in [4.78, 5) is 36.6. The number of nitrogens with zero attached hydrogens (tertiary/aromatic N) is 3. The zero-order valence-electron chi connectivity index (χ0n) is 12.1. The number of ketones is 1. The fourth-order valence-corrected chi connectivity index (χ4v) is 2.81. The summed E-state index contributed by atoms with van der Waals surface area (Å²) in [7, 11) is 1.56. The molecule has 116 valence electrons. The van der Waals surface area contributed by atoms with E-state index in [1.165, 1.54) is 17.2 Å². The molecule has 0 saturated carbocycles. The molecule has 2 amide bonds. The molecule has 4 heterocycles. The monoisotopic (exact) mass is 313 g/mol. The number of aromatic amines is 1. The molecule has 0 spiro atoms. The molecule has 1 atom stereocenters. The molecule has 1 unspecified atom stereocenters.